The zero-order chi connectivity index (χ0) is 28.0. The summed E-state index contributed by atoms with van der Waals surface area (Å²) >= 11 is 6.51. The van der Waals surface area contributed by atoms with Crippen LogP contribution in [0.15, 0.2) is 29.3 Å². The first-order chi connectivity index (χ1) is 16.9. The molecule has 1 aromatic heterocycles. The molecule has 1 heterocycles. The van der Waals surface area contributed by atoms with Crippen LogP contribution in [0.3, 0.4) is 0 Å². The number of carbonyl (C=O) groups excluding carboxylic acids is 1. The topological polar surface area (TPSA) is 111 Å². The second-order valence-electron chi connectivity index (χ2n) is 10.6. The normalized spacial score (nSPS) is 11.9. The largest absolute Gasteiger partial charge is 0.464 e. The summed E-state index contributed by atoms with van der Waals surface area (Å²) in [5.74, 6) is -1.23. The molecule has 0 radical (unpaired) electrons. The second kappa shape index (κ2) is 9.66. The van der Waals surface area contributed by atoms with Gasteiger partial charge in [-0.05, 0) is 56.9 Å². The Morgan fingerprint density at radius 1 is 1.16 bits per heavy atom. The number of amides is 2. The first kappa shape index (κ1) is 27.9. The van der Waals surface area contributed by atoms with Gasteiger partial charge in [-0.25, -0.2) is 19.0 Å². The molecule has 37 heavy (non-hydrogen) atoms. The lowest BCUT2D eigenvalue weighted by molar-refractivity contribution is 0.0582. The molecular formula is C26H29ClFN3O6. The van der Waals surface area contributed by atoms with Crippen LogP contribution in [0.1, 0.15) is 52.7 Å². The monoisotopic (exact) mass is 533 g/mol. The minimum atomic E-state index is -1.68. The van der Waals surface area contributed by atoms with Gasteiger partial charge in [0.2, 0.25) is 0 Å². The molecule has 0 fully saturated rings. The highest BCUT2D eigenvalue weighted by Gasteiger charge is 2.35. The number of fused-ring (bicyclic) bond motifs is 1. The summed E-state index contributed by atoms with van der Waals surface area (Å²) < 4.78 is 28.3. The number of aromatic nitrogens is 2. The van der Waals surface area contributed by atoms with E-state index in [4.69, 9.17) is 21.1 Å². The number of anilines is 1. The predicted molar refractivity (Wildman–Crippen MR) is 139 cm³/mol. The van der Waals surface area contributed by atoms with Crippen molar-refractivity contribution >= 4 is 40.4 Å². The van der Waals surface area contributed by atoms with Crippen LogP contribution in [0.4, 0.5) is 19.7 Å². The van der Waals surface area contributed by atoms with Gasteiger partial charge in [-0.3, -0.25) is 4.79 Å². The van der Waals surface area contributed by atoms with Gasteiger partial charge in [0.05, 0.1) is 22.9 Å². The second-order valence-corrected chi connectivity index (χ2v) is 11.0. The lowest BCUT2D eigenvalue weighted by Gasteiger charge is -2.28. The van der Waals surface area contributed by atoms with Crippen molar-refractivity contribution in [3.05, 3.63) is 56.8 Å². The zero-order valence-electron chi connectivity index (χ0n) is 21.9. The molecule has 1 N–H and O–H groups in total. The van der Waals surface area contributed by atoms with E-state index in [1.165, 1.54) is 23.0 Å². The lowest BCUT2D eigenvalue weighted by Crippen LogP contribution is -2.40. The Morgan fingerprint density at radius 2 is 1.78 bits per heavy atom. The van der Waals surface area contributed by atoms with E-state index in [1.54, 1.807) is 61.6 Å². The number of benzene rings is 2. The molecule has 0 bridgehead atoms. The molecule has 198 valence electrons. The summed E-state index contributed by atoms with van der Waals surface area (Å²) in [6, 6.07) is 4.24. The van der Waals surface area contributed by atoms with Gasteiger partial charge in [-0.15, -0.1) is 0 Å². The molecule has 9 nitrogen and oxygen atoms in total. The molecule has 0 unspecified atom stereocenters. The van der Waals surface area contributed by atoms with Crippen molar-refractivity contribution in [3.63, 3.8) is 0 Å². The van der Waals surface area contributed by atoms with Crippen molar-refractivity contribution in [1.82, 2.24) is 9.55 Å². The molecule has 0 saturated carbocycles. The number of nitrogens with zero attached hydrogens (tertiary/aromatic N) is 3. The van der Waals surface area contributed by atoms with Crippen molar-refractivity contribution in [2.75, 3.05) is 4.90 Å². The zero-order valence-corrected chi connectivity index (χ0v) is 22.7. The highest BCUT2D eigenvalue weighted by Crippen LogP contribution is 2.45. The van der Waals surface area contributed by atoms with E-state index in [-0.39, 0.29) is 27.9 Å². The number of hydrogen-bond donors (Lipinski definition) is 1. The summed E-state index contributed by atoms with van der Waals surface area (Å²) in [5, 5.41) is 9.68. The molecule has 2 amide bonds. The fourth-order valence-electron chi connectivity index (χ4n) is 3.64. The molecule has 0 atom stereocenters. The fourth-order valence-corrected chi connectivity index (χ4v) is 3.90. The molecule has 0 saturated heterocycles. The van der Waals surface area contributed by atoms with Crippen molar-refractivity contribution in [2.45, 2.75) is 59.5 Å². The Balaban J connectivity index is 2.28. The first-order valence-electron chi connectivity index (χ1n) is 11.4. The molecule has 0 spiro atoms. The maximum absolute atomic E-state index is 15.9. The Morgan fingerprint density at radius 3 is 2.32 bits per heavy atom. The van der Waals surface area contributed by atoms with Gasteiger partial charge in [0.1, 0.15) is 16.4 Å². The third kappa shape index (κ3) is 5.53. The number of carbonyl (C=O) groups is 2. The van der Waals surface area contributed by atoms with Gasteiger partial charge in [0.25, 0.3) is 5.56 Å². The number of aryl methyl sites for hydroxylation is 2. The molecular weight excluding hydrogens is 505 g/mol. The average Bonchev–Trinajstić information content (AvgIpc) is 2.74. The first-order valence-corrected chi connectivity index (χ1v) is 11.7. The van der Waals surface area contributed by atoms with Crippen molar-refractivity contribution in [2.24, 2.45) is 7.05 Å². The minimum Gasteiger partial charge on any atom is -0.464 e. The molecule has 0 aliphatic rings. The summed E-state index contributed by atoms with van der Waals surface area (Å²) in [5.41, 5.74) is -1.65. The van der Waals surface area contributed by atoms with E-state index in [9.17, 15) is 19.5 Å². The van der Waals surface area contributed by atoms with Crippen LogP contribution in [0.25, 0.3) is 10.9 Å². The van der Waals surface area contributed by atoms with Gasteiger partial charge >= 0.3 is 12.2 Å². The number of rotatable bonds is 3. The van der Waals surface area contributed by atoms with Gasteiger partial charge in [-0.1, -0.05) is 32.4 Å². The third-order valence-corrected chi connectivity index (χ3v) is 5.83. The van der Waals surface area contributed by atoms with Gasteiger partial charge < -0.3 is 19.1 Å². The van der Waals surface area contributed by atoms with Crippen LogP contribution in [0.5, 0.6) is 11.5 Å². The quantitative estimate of drug-likeness (QED) is 0.406. The summed E-state index contributed by atoms with van der Waals surface area (Å²) in [7, 11) is 1.55. The fraction of sp³-hybridized carbons (Fsp3) is 0.385. The van der Waals surface area contributed by atoms with Crippen LogP contribution in [0.2, 0.25) is 5.02 Å². The summed E-state index contributed by atoms with van der Waals surface area (Å²) in [4.78, 5) is 42.2. The third-order valence-electron chi connectivity index (χ3n) is 5.47. The smallest absolute Gasteiger partial charge is 0.424 e. The Hall–Kier alpha value is -3.66. The minimum absolute atomic E-state index is 0.0488. The van der Waals surface area contributed by atoms with Crippen LogP contribution in [0, 0.1) is 12.7 Å². The summed E-state index contributed by atoms with van der Waals surface area (Å²) in [6.45, 7) is 11.5. The van der Waals surface area contributed by atoms with Gasteiger partial charge in [0, 0.05) is 12.6 Å². The molecule has 0 aliphatic carbocycles. The van der Waals surface area contributed by atoms with Crippen LogP contribution >= 0.6 is 11.6 Å². The van der Waals surface area contributed by atoms with E-state index < -0.39 is 39.8 Å². The maximum Gasteiger partial charge on any atom is 0.424 e. The SMILES string of the molecule is Cc1c(Oc2c(F)c(C(C)(C)C)cc(N(C(=O)O)C(=O)OC(C)(C)C)c2Cl)ccc2ncn(C)c(=O)c12. The number of halogens is 2. The number of imide groups is 1. The van der Waals surface area contributed by atoms with Gasteiger partial charge in [0.15, 0.2) is 11.6 Å². The van der Waals surface area contributed by atoms with E-state index in [0.717, 1.165) is 0 Å². The number of ether oxygens (including phenoxy) is 2. The standard InChI is InChI=1S/C26H29ClFN3O6/c1-13-17(10-9-15-18(13)22(32)30(8)12-29-15)36-21-19(27)16(11-14(20(21)28)25(2,3)4)31(23(33)34)24(35)37-26(5,6)7/h9-12H,1-8H3,(H,33,34). The Labute approximate surface area is 218 Å². The highest BCUT2D eigenvalue weighted by molar-refractivity contribution is 6.36. The van der Waals surface area contributed by atoms with Gasteiger partial charge in [-0.2, -0.15) is 4.90 Å². The lowest BCUT2D eigenvalue weighted by atomic mass is 9.86. The van der Waals surface area contributed by atoms with E-state index >= 15 is 4.39 Å². The number of hydrogen-bond acceptors (Lipinski definition) is 6. The average molecular weight is 534 g/mol. The Bertz CT molecular complexity index is 1470. The van der Waals surface area contributed by atoms with Crippen LogP contribution < -0.4 is 15.2 Å². The van der Waals surface area contributed by atoms with E-state index in [0.29, 0.717) is 16.0 Å². The molecule has 2 aromatic carbocycles. The molecule has 3 aromatic rings. The van der Waals surface area contributed by atoms with Crippen molar-refractivity contribution in [3.8, 4) is 11.5 Å². The summed E-state index contributed by atoms with van der Waals surface area (Å²) in [6.07, 6.45) is -1.50. The van der Waals surface area contributed by atoms with Crippen molar-refractivity contribution in [1.29, 1.82) is 0 Å². The number of carboxylic acid groups (broad SMARTS) is 1. The molecule has 3 rings (SSSR count). The van der Waals surface area contributed by atoms with Crippen LogP contribution in [-0.2, 0) is 17.2 Å². The predicted octanol–water partition coefficient (Wildman–Crippen LogP) is 6.54. The molecule has 0 aliphatic heterocycles. The van der Waals surface area contributed by atoms with E-state index in [1.807, 2.05) is 0 Å². The molecule has 11 heteroatoms. The van der Waals surface area contributed by atoms with E-state index in [2.05, 4.69) is 4.98 Å². The van der Waals surface area contributed by atoms with Crippen LogP contribution in [-0.4, -0.2) is 32.4 Å². The maximum atomic E-state index is 15.9. The van der Waals surface area contributed by atoms with Crippen molar-refractivity contribution < 1.29 is 28.6 Å². The highest BCUT2D eigenvalue weighted by atomic mass is 35.5. The Kier molecular flexibility index (Phi) is 7.29.